The molecule has 33 heavy (non-hydrogen) atoms. The minimum atomic E-state index is -0.169. The number of hydrogen-bond acceptors (Lipinski definition) is 5. The van der Waals surface area contributed by atoms with Crippen LogP contribution in [0.5, 0.6) is 0 Å². The first-order chi connectivity index (χ1) is 16.1. The number of carbonyl (C=O) groups is 1. The van der Waals surface area contributed by atoms with Crippen LogP contribution < -0.4 is 16.5 Å². The Hall–Kier alpha value is -4.47. The molecule has 3 aromatic carbocycles. The largest absolute Gasteiger partial charge is 0.397 e. The van der Waals surface area contributed by atoms with E-state index in [0.717, 1.165) is 16.7 Å². The number of pyridine rings is 1. The molecular weight excluding hydrogens is 428 g/mol. The SMILES string of the molecule is N#Cc1c(N)[nH+]c2sc(C(=O)c3ccc(-c4ccccc4)cc3)c(N)c2c1-c1ccccc1. The number of nitrogens with zero attached hydrogens (tertiary/aromatic N) is 1. The van der Waals surface area contributed by atoms with E-state index in [9.17, 15) is 10.1 Å². The molecule has 6 heteroatoms. The number of fused-ring (bicyclic) bond motifs is 1. The lowest BCUT2D eigenvalue weighted by Gasteiger charge is -2.07. The van der Waals surface area contributed by atoms with E-state index in [0.29, 0.717) is 37.5 Å². The number of nitriles is 1. The van der Waals surface area contributed by atoms with Crippen LogP contribution in [0.4, 0.5) is 11.5 Å². The molecule has 0 atom stereocenters. The molecule has 0 radical (unpaired) electrons. The number of ketones is 1. The average Bonchev–Trinajstić information content (AvgIpc) is 3.19. The molecule has 0 amide bonds. The number of hydrogen-bond donors (Lipinski definition) is 2. The van der Waals surface area contributed by atoms with E-state index < -0.39 is 0 Å². The van der Waals surface area contributed by atoms with Gasteiger partial charge in [-0.25, -0.2) is 4.98 Å². The first-order valence-corrected chi connectivity index (χ1v) is 11.1. The molecule has 0 saturated heterocycles. The van der Waals surface area contributed by atoms with Gasteiger partial charge < -0.3 is 5.73 Å². The van der Waals surface area contributed by atoms with Crippen LogP contribution in [0, 0.1) is 11.3 Å². The van der Waals surface area contributed by atoms with E-state index in [1.54, 1.807) is 0 Å². The molecule has 0 unspecified atom stereocenters. The van der Waals surface area contributed by atoms with Crippen LogP contribution in [0.15, 0.2) is 84.9 Å². The Balaban J connectivity index is 1.63. The van der Waals surface area contributed by atoms with Crippen LogP contribution >= 0.6 is 11.3 Å². The Morgan fingerprint density at radius 1 is 0.818 bits per heavy atom. The Kier molecular flexibility index (Phi) is 5.09. The lowest BCUT2D eigenvalue weighted by atomic mass is 9.96. The van der Waals surface area contributed by atoms with E-state index in [1.165, 1.54) is 11.3 Å². The van der Waals surface area contributed by atoms with Gasteiger partial charge >= 0.3 is 0 Å². The second kappa shape index (κ2) is 8.23. The van der Waals surface area contributed by atoms with Crippen LogP contribution in [0.25, 0.3) is 32.5 Å². The summed E-state index contributed by atoms with van der Waals surface area (Å²) in [6.07, 6.45) is 0. The summed E-state index contributed by atoms with van der Waals surface area (Å²) in [5.41, 5.74) is 17.4. The third kappa shape index (κ3) is 3.51. The van der Waals surface area contributed by atoms with Crippen molar-refractivity contribution < 1.29 is 9.78 Å². The van der Waals surface area contributed by atoms with Gasteiger partial charge in [-0.15, -0.1) is 0 Å². The molecule has 5 rings (SSSR count). The van der Waals surface area contributed by atoms with Crippen LogP contribution in [-0.2, 0) is 0 Å². The van der Waals surface area contributed by atoms with Gasteiger partial charge in [-0.3, -0.25) is 10.5 Å². The zero-order valence-corrected chi connectivity index (χ0v) is 18.3. The van der Waals surface area contributed by atoms with Crippen molar-refractivity contribution in [1.29, 1.82) is 5.26 Å². The van der Waals surface area contributed by atoms with E-state index in [4.69, 9.17) is 11.5 Å². The Morgan fingerprint density at radius 3 is 2.00 bits per heavy atom. The van der Waals surface area contributed by atoms with Gasteiger partial charge in [0.1, 0.15) is 16.5 Å². The smallest absolute Gasteiger partial charge is 0.290 e. The fraction of sp³-hybridized carbons (Fsp3) is 0. The summed E-state index contributed by atoms with van der Waals surface area (Å²) >= 11 is 1.25. The molecular formula is C27H19N4OS+. The zero-order valence-electron chi connectivity index (χ0n) is 17.5. The zero-order chi connectivity index (χ0) is 22.9. The van der Waals surface area contributed by atoms with Gasteiger partial charge in [0.15, 0.2) is 4.83 Å². The fourth-order valence-electron chi connectivity index (χ4n) is 3.98. The monoisotopic (exact) mass is 447 g/mol. The Labute approximate surface area is 194 Å². The second-order valence-corrected chi connectivity index (χ2v) is 8.61. The summed E-state index contributed by atoms with van der Waals surface area (Å²) in [5, 5.41) is 10.4. The van der Waals surface area contributed by atoms with E-state index in [-0.39, 0.29) is 11.6 Å². The predicted octanol–water partition coefficient (Wildman–Crippen LogP) is 5.32. The quantitative estimate of drug-likeness (QED) is 0.364. The number of carbonyl (C=O) groups excluding carboxylic acids is 1. The molecule has 0 aliphatic heterocycles. The molecule has 0 saturated carbocycles. The van der Waals surface area contributed by atoms with E-state index in [1.807, 2.05) is 84.9 Å². The van der Waals surface area contributed by atoms with Gasteiger partial charge in [0.2, 0.25) is 5.78 Å². The maximum Gasteiger partial charge on any atom is 0.290 e. The van der Waals surface area contributed by atoms with E-state index in [2.05, 4.69) is 11.1 Å². The minimum Gasteiger partial charge on any atom is -0.397 e. The molecule has 158 valence electrons. The van der Waals surface area contributed by atoms with Crippen molar-refractivity contribution in [1.82, 2.24) is 0 Å². The molecule has 0 bridgehead atoms. The molecule has 5 N–H and O–H groups in total. The Bertz CT molecular complexity index is 1530. The van der Waals surface area contributed by atoms with Gasteiger partial charge in [0.25, 0.3) is 5.82 Å². The molecule has 5 nitrogen and oxygen atoms in total. The normalized spacial score (nSPS) is 10.8. The standard InChI is InChI=1S/C27H18N4OS/c28-15-20-21(18-9-5-2-6-10-18)22-23(29)25(33-27(22)31-26(20)30)24(32)19-13-11-17(12-14-19)16-7-3-1-4-8-16/h1-14H,29H2,(H2,30,31)/p+1. The number of anilines is 2. The third-order valence-electron chi connectivity index (χ3n) is 5.60. The topological polar surface area (TPSA) is 107 Å². The van der Waals surface area contributed by atoms with Crippen LogP contribution in [-0.4, -0.2) is 5.78 Å². The number of benzene rings is 3. The summed E-state index contributed by atoms with van der Waals surface area (Å²) in [5.74, 6) is 0.0779. The van der Waals surface area contributed by atoms with Crippen molar-refractivity contribution in [2.75, 3.05) is 11.5 Å². The maximum absolute atomic E-state index is 13.4. The third-order valence-corrected chi connectivity index (χ3v) is 6.72. The summed E-state index contributed by atoms with van der Waals surface area (Å²) in [4.78, 5) is 17.5. The number of nitrogens with one attached hydrogen (secondary N) is 1. The second-order valence-electron chi connectivity index (χ2n) is 7.59. The van der Waals surface area contributed by atoms with Gasteiger partial charge in [-0.05, 0) is 16.7 Å². The number of rotatable bonds is 4. The molecule has 2 heterocycles. The summed E-state index contributed by atoms with van der Waals surface area (Å²) in [6, 6.07) is 29.1. The number of aromatic nitrogens is 1. The van der Waals surface area contributed by atoms with Crippen molar-refractivity contribution in [3.8, 4) is 28.3 Å². The lowest BCUT2D eigenvalue weighted by Crippen LogP contribution is -2.13. The van der Waals surface area contributed by atoms with Crippen molar-refractivity contribution in [3.05, 3.63) is 101 Å². The van der Waals surface area contributed by atoms with Crippen LogP contribution in [0.3, 0.4) is 0 Å². The minimum absolute atomic E-state index is 0.169. The van der Waals surface area contributed by atoms with Gasteiger partial charge in [0, 0.05) is 11.1 Å². The molecule has 0 aliphatic carbocycles. The highest BCUT2D eigenvalue weighted by atomic mass is 32.1. The van der Waals surface area contributed by atoms with Crippen molar-refractivity contribution in [2.45, 2.75) is 0 Å². The maximum atomic E-state index is 13.4. The van der Waals surface area contributed by atoms with Crippen LogP contribution in [0.2, 0.25) is 0 Å². The number of nitrogens with two attached hydrogens (primary N) is 2. The van der Waals surface area contributed by atoms with Gasteiger partial charge in [-0.2, -0.15) is 5.26 Å². The average molecular weight is 448 g/mol. The number of thiophene rings is 1. The molecule has 0 fully saturated rings. The highest BCUT2D eigenvalue weighted by Gasteiger charge is 2.27. The van der Waals surface area contributed by atoms with Gasteiger partial charge in [0.05, 0.1) is 11.1 Å². The highest BCUT2D eigenvalue weighted by Crippen LogP contribution is 2.41. The van der Waals surface area contributed by atoms with Crippen molar-refractivity contribution >= 4 is 38.8 Å². The summed E-state index contributed by atoms with van der Waals surface area (Å²) in [7, 11) is 0. The molecule has 5 aromatic rings. The highest BCUT2D eigenvalue weighted by molar-refractivity contribution is 7.21. The first-order valence-electron chi connectivity index (χ1n) is 10.3. The summed E-state index contributed by atoms with van der Waals surface area (Å²) < 4.78 is 0. The molecule has 0 aliphatic rings. The Morgan fingerprint density at radius 2 is 1.39 bits per heavy atom. The van der Waals surface area contributed by atoms with Gasteiger partial charge in [-0.1, -0.05) is 96.3 Å². The van der Waals surface area contributed by atoms with E-state index >= 15 is 0 Å². The van der Waals surface area contributed by atoms with Crippen LogP contribution in [0.1, 0.15) is 20.8 Å². The number of nitrogen functional groups attached to an aromatic ring is 2. The fourth-order valence-corrected chi connectivity index (χ4v) is 5.08. The number of aromatic amines is 1. The summed E-state index contributed by atoms with van der Waals surface area (Å²) in [6.45, 7) is 0. The lowest BCUT2D eigenvalue weighted by molar-refractivity contribution is -0.323. The predicted molar refractivity (Wildman–Crippen MR) is 133 cm³/mol. The number of H-pyrrole nitrogens is 1. The molecule has 0 spiro atoms. The van der Waals surface area contributed by atoms with Crippen molar-refractivity contribution in [2.24, 2.45) is 0 Å². The first kappa shape index (κ1) is 20.4. The van der Waals surface area contributed by atoms with Crippen molar-refractivity contribution in [3.63, 3.8) is 0 Å². The molecule has 2 aromatic heterocycles.